The third-order valence-corrected chi connectivity index (χ3v) is 7.06. The van der Waals surface area contributed by atoms with Crippen LogP contribution < -0.4 is 4.74 Å². The van der Waals surface area contributed by atoms with Crippen LogP contribution in [0.25, 0.3) is 0 Å². The minimum Gasteiger partial charge on any atom is -0.493 e. The van der Waals surface area contributed by atoms with Gasteiger partial charge in [-0.25, -0.2) is 4.79 Å². The average Bonchev–Trinajstić information content (AvgIpc) is 3.48. The Morgan fingerprint density at radius 2 is 1.70 bits per heavy atom. The Morgan fingerprint density at radius 1 is 1.03 bits per heavy atom. The van der Waals surface area contributed by atoms with Gasteiger partial charge >= 0.3 is 6.03 Å². The summed E-state index contributed by atoms with van der Waals surface area (Å²) in [6.07, 6.45) is 4.74. The molecule has 1 saturated carbocycles. The normalized spacial score (nSPS) is 22.4. The van der Waals surface area contributed by atoms with Crippen molar-refractivity contribution in [3.63, 3.8) is 0 Å². The van der Waals surface area contributed by atoms with E-state index in [1.54, 1.807) is 0 Å². The molecule has 1 aromatic carbocycles. The van der Waals surface area contributed by atoms with Crippen LogP contribution >= 0.6 is 0 Å². The van der Waals surface area contributed by atoms with Crippen LogP contribution in [0.15, 0.2) is 24.3 Å². The lowest BCUT2D eigenvalue weighted by atomic mass is 9.96. The number of likely N-dealkylation sites (tertiary alicyclic amines) is 1. The summed E-state index contributed by atoms with van der Waals surface area (Å²) >= 11 is 0. The zero-order valence-corrected chi connectivity index (χ0v) is 19.3. The van der Waals surface area contributed by atoms with E-state index in [9.17, 15) is 4.79 Å². The first-order chi connectivity index (χ1) is 14.3. The van der Waals surface area contributed by atoms with Gasteiger partial charge in [-0.3, -0.25) is 0 Å². The molecule has 0 atom stereocenters. The van der Waals surface area contributed by atoms with Crippen molar-refractivity contribution in [1.82, 2.24) is 14.7 Å². The van der Waals surface area contributed by atoms with Crippen molar-refractivity contribution >= 4 is 6.03 Å². The van der Waals surface area contributed by atoms with Gasteiger partial charge in [0, 0.05) is 50.2 Å². The molecular formula is C25H39N3O2. The maximum atomic E-state index is 13.4. The number of nitrogens with zero attached hydrogens (tertiary/aromatic N) is 3. The molecule has 0 unspecified atom stereocenters. The highest BCUT2D eigenvalue weighted by Crippen LogP contribution is 2.50. The molecule has 0 N–H and O–H groups in total. The monoisotopic (exact) mass is 413 g/mol. The van der Waals surface area contributed by atoms with Gasteiger partial charge in [0.1, 0.15) is 5.75 Å². The number of piperidine rings is 1. The van der Waals surface area contributed by atoms with E-state index in [4.69, 9.17) is 4.74 Å². The second-order valence-electron chi connectivity index (χ2n) is 10.5. The largest absolute Gasteiger partial charge is 0.493 e. The summed E-state index contributed by atoms with van der Waals surface area (Å²) < 4.78 is 5.81. The molecule has 3 aliphatic rings. The molecule has 0 aromatic heterocycles. The molecule has 0 radical (unpaired) electrons. The number of rotatable bonds is 7. The smallest absolute Gasteiger partial charge is 0.320 e. The standard InChI is InChI=1S/C25H39N3O2/c1-19(2)16-30-23-7-5-21(6-8-23)15-27-17-25(11-12-25)18-28(24(27)29)22-9-13-26(14-10-22)20(3)4/h5-8,19-20,22H,9-18H2,1-4H3. The van der Waals surface area contributed by atoms with Gasteiger partial charge in [0.25, 0.3) is 0 Å². The first-order valence-electron chi connectivity index (χ1n) is 11.9. The number of benzene rings is 1. The summed E-state index contributed by atoms with van der Waals surface area (Å²) in [5.41, 5.74) is 1.54. The van der Waals surface area contributed by atoms with E-state index in [1.165, 1.54) is 18.4 Å². The maximum Gasteiger partial charge on any atom is 0.320 e. The number of hydrogen-bond donors (Lipinski definition) is 0. The minimum atomic E-state index is 0.246. The van der Waals surface area contributed by atoms with Crippen LogP contribution in [0.5, 0.6) is 5.75 Å². The van der Waals surface area contributed by atoms with E-state index in [2.05, 4.69) is 54.5 Å². The van der Waals surface area contributed by atoms with Gasteiger partial charge in [0.2, 0.25) is 0 Å². The molecule has 3 fully saturated rings. The molecule has 2 saturated heterocycles. The lowest BCUT2D eigenvalue weighted by molar-refractivity contribution is 0.0441. The van der Waals surface area contributed by atoms with Crippen LogP contribution in [-0.2, 0) is 6.54 Å². The van der Waals surface area contributed by atoms with E-state index in [1.807, 2.05) is 12.1 Å². The third kappa shape index (κ3) is 4.93. The van der Waals surface area contributed by atoms with E-state index >= 15 is 0 Å². The zero-order valence-electron chi connectivity index (χ0n) is 19.3. The summed E-state index contributed by atoms with van der Waals surface area (Å²) in [5, 5.41) is 0. The molecule has 1 aromatic rings. The van der Waals surface area contributed by atoms with E-state index < -0.39 is 0 Å². The molecule has 2 amide bonds. The quantitative estimate of drug-likeness (QED) is 0.655. The van der Waals surface area contributed by atoms with Gasteiger partial charge in [-0.1, -0.05) is 26.0 Å². The third-order valence-electron chi connectivity index (χ3n) is 7.06. The number of hydrogen-bond acceptors (Lipinski definition) is 3. The lowest BCUT2D eigenvalue weighted by Gasteiger charge is -2.47. The van der Waals surface area contributed by atoms with E-state index in [0.29, 0.717) is 30.0 Å². The summed E-state index contributed by atoms with van der Waals surface area (Å²) in [7, 11) is 0. The zero-order chi connectivity index (χ0) is 21.3. The SMILES string of the molecule is CC(C)COc1ccc(CN2CC3(CC3)CN(C3CCN(C(C)C)CC3)C2=O)cc1. The Kier molecular flexibility index (Phi) is 6.29. The Labute approximate surface area is 182 Å². The highest BCUT2D eigenvalue weighted by molar-refractivity contribution is 5.76. The Hall–Kier alpha value is -1.75. The van der Waals surface area contributed by atoms with E-state index in [0.717, 1.165) is 51.4 Å². The predicted molar refractivity (Wildman–Crippen MR) is 121 cm³/mol. The van der Waals surface area contributed by atoms with Crippen molar-refractivity contribution in [2.24, 2.45) is 11.3 Å². The number of amides is 2. The van der Waals surface area contributed by atoms with Crippen molar-refractivity contribution < 1.29 is 9.53 Å². The fourth-order valence-corrected chi connectivity index (χ4v) is 4.92. The minimum absolute atomic E-state index is 0.246. The highest BCUT2D eigenvalue weighted by Gasteiger charge is 2.52. The van der Waals surface area contributed by atoms with Gasteiger partial charge < -0.3 is 19.4 Å². The lowest BCUT2D eigenvalue weighted by Crippen LogP contribution is -2.59. The Morgan fingerprint density at radius 3 is 2.27 bits per heavy atom. The van der Waals surface area contributed by atoms with Crippen LogP contribution in [0.3, 0.4) is 0 Å². The Balaban J connectivity index is 1.39. The summed E-state index contributed by atoms with van der Waals surface area (Å²) in [6, 6.07) is 9.55. The van der Waals surface area contributed by atoms with Crippen molar-refractivity contribution in [3.05, 3.63) is 29.8 Å². The summed E-state index contributed by atoms with van der Waals surface area (Å²) in [6.45, 7) is 14.4. The molecule has 166 valence electrons. The second-order valence-corrected chi connectivity index (χ2v) is 10.5. The van der Waals surface area contributed by atoms with Gasteiger partial charge in [-0.2, -0.15) is 0 Å². The van der Waals surface area contributed by atoms with Crippen molar-refractivity contribution in [2.45, 2.75) is 72.0 Å². The molecule has 5 nitrogen and oxygen atoms in total. The molecular weight excluding hydrogens is 374 g/mol. The van der Waals surface area contributed by atoms with Gasteiger partial charge in [-0.15, -0.1) is 0 Å². The molecule has 1 spiro atoms. The van der Waals surface area contributed by atoms with Crippen LogP contribution in [-0.4, -0.2) is 65.6 Å². The Bertz CT molecular complexity index is 718. The van der Waals surface area contributed by atoms with Crippen molar-refractivity contribution in [3.8, 4) is 5.75 Å². The van der Waals surface area contributed by atoms with Crippen molar-refractivity contribution in [2.75, 3.05) is 32.8 Å². The van der Waals surface area contributed by atoms with Crippen LogP contribution in [0.4, 0.5) is 4.79 Å². The number of urea groups is 1. The molecule has 5 heteroatoms. The topological polar surface area (TPSA) is 36.0 Å². The average molecular weight is 414 g/mol. The van der Waals surface area contributed by atoms with Crippen LogP contribution in [0.1, 0.15) is 58.9 Å². The van der Waals surface area contributed by atoms with Crippen LogP contribution in [0, 0.1) is 11.3 Å². The van der Waals surface area contributed by atoms with Crippen molar-refractivity contribution in [1.29, 1.82) is 0 Å². The summed E-state index contributed by atoms with van der Waals surface area (Å²) in [4.78, 5) is 20.3. The first kappa shape index (κ1) is 21.5. The van der Waals surface area contributed by atoms with E-state index in [-0.39, 0.29) is 6.03 Å². The van der Waals surface area contributed by atoms with Gasteiger partial charge in [0.15, 0.2) is 0 Å². The number of carbonyl (C=O) groups excluding carboxylic acids is 1. The van der Waals surface area contributed by atoms with Gasteiger partial charge in [-0.05, 0) is 63.1 Å². The fraction of sp³-hybridized carbons (Fsp3) is 0.720. The highest BCUT2D eigenvalue weighted by atomic mass is 16.5. The predicted octanol–water partition coefficient (Wildman–Crippen LogP) is 4.61. The van der Waals surface area contributed by atoms with Crippen LogP contribution in [0.2, 0.25) is 0 Å². The second kappa shape index (κ2) is 8.78. The number of carbonyl (C=O) groups is 1. The molecule has 2 aliphatic heterocycles. The maximum absolute atomic E-state index is 13.4. The van der Waals surface area contributed by atoms with Gasteiger partial charge in [0.05, 0.1) is 6.61 Å². The summed E-state index contributed by atoms with van der Waals surface area (Å²) in [5.74, 6) is 1.43. The molecule has 1 aliphatic carbocycles. The molecule has 4 rings (SSSR count). The fourth-order valence-electron chi connectivity index (χ4n) is 4.92. The molecule has 2 heterocycles. The first-order valence-corrected chi connectivity index (χ1v) is 11.9. The molecule has 30 heavy (non-hydrogen) atoms. The molecule has 0 bridgehead atoms. The number of ether oxygens (including phenoxy) is 1.